The molecule has 1 heterocycles. The molecule has 1 aliphatic heterocycles. The van der Waals surface area contributed by atoms with Gasteiger partial charge in [-0.05, 0) is 53.6 Å². The van der Waals surface area contributed by atoms with E-state index in [0.717, 1.165) is 26.3 Å². The molecule has 0 amide bonds. The first-order valence-electron chi connectivity index (χ1n) is 7.28. The molecule has 1 rings (SSSR count). The first-order chi connectivity index (χ1) is 8.63. The Morgan fingerprint density at radius 1 is 1.28 bits per heavy atom. The van der Waals surface area contributed by atoms with Gasteiger partial charge in [-0.3, -0.25) is 0 Å². The molecule has 1 saturated heterocycles. The van der Waals surface area contributed by atoms with Gasteiger partial charge in [0, 0.05) is 25.1 Å². The van der Waals surface area contributed by atoms with Crippen LogP contribution in [0.15, 0.2) is 0 Å². The van der Waals surface area contributed by atoms with Gasteiger partial charge in [0.1, 0.15) is 0 Å². The highest BCUT2D eigenvalue weighted by Crippen LogP contribution is 2.17. The van der Waals surface area contributed by atoms with Crippen LogP contribution in [0.1, 0.15) is 19.8 Å². The molecule has 18 heavy (non-hydrogen) atoms. The summed E-state index contributed by atoms with van der Waals surface area (Å²) in [6.07, 6.45) is 2.45. The van der Waals surface area contributed by atoms with Gasteiger partial charge in [-0.15, -0.1) is 0 Å². The summed E-state index contributed by atoms with van der Waals surface area (Å²) in [7, 11) is 6.50. The molecule has 0 aromatic carbocycles. The fourth-order valence-corrected chi connectivity index (χ4v) is 2.60. The highest BCUT2D eigenvalue weighted by molar-refractivity contribution is 4.81. The van der Waals surface area contributed by atoms with Crippen molar-refractivity contribution >= 4 is 0 Å². The van der Waals surface area contributed by atoms with E-state index in [2.05, 4.69) is 43.2 Å². The molecular weight excluding hydrogens is 226 g/mol. The second-order valence-electron chi connectivity index (χ2n) is 5.71. The normalized spacial score (nSPS) is 22.0. The lowest BCUT2D eigenvalue weighted by molar-refractivity contribution is 0.166. The number of nitrogens with zero attached hydrogens (tertiary/aromatic N) is 2. The molecule has 1 aliphatic rings. The number of ether oxygens (including phenoxy) is 1. The van der Waals surface area contributed by atoms with E-state index in [-0.39, 0.29) is 0 Å². The number of rotatable bonds is 9. The van der Waals surface area contributed by atoms with Gasteiger partial charge in [-0.2, -0.15) is 0 Å². The van der Waals surface area contributed by atoms with Crippen molar-refractivity contribution in [1.82, 2.24) is 15.1 Å². The first kappa shape index (κ1) is 15.9. The van der Waals surface area contributed by atoms with Crippen LogP contribution >= 0.6 is 0 Å². The van der Waals surface area contributed by atoms with Gasteiger partial charge in [0.25, 0.3) is 0 Å². The molecule has 0 aromatic rings. The zero-order chi connectivity index (χ0) is 13.4. The third kappa shape index (κ3) is 6.14. The summed E-state index contributed by atoms with van der Waals surface area (Å²) in [5.41, 5.74) is 0. The van der Waals surface area contributed by atoms with Crippen LogP contribution in [-0.4, -0.2) is 76.4 Å². The average molecular weight is 257 g/mol. The number of hydrogen-bond donors (Lipinski definition) is 1. The zero-order valence-electron chi connectivity index (χ0n) is 12.6. The van der Waals surface area contributed by atoms with Crippen molar-refractivity contribution in [3.8, 4) is 0 Å². The Labute approximate surface area is 113 Å². The van der Waals surface area contributed by atoms with E-state index in [9.17, 15) is 0 Å². The van der Waals surface area contributed by atoms with E-state index in [0.29, 0.717) is 12.0 Å². The maximum Gasteiger partial charge on any atom is 0.0510 e. The van der Waals surface area contributed by atoms with Crippen molar-refractivity contribution in [3.63, 3.8) is 0 Å². The first-order valence-corrected chi connectivity index (χ1v) is 7.28. The highest BCUT2D eigenvalue weighted by Gasteiger charge is 2.25. The molecule has 2 atom stereocenters. The maximum absolute atomic E-state index is 5.51. The second kappa shape index (κ2) is 8.86. The minimum atomic E-state index is 0.585. The Morgan fingerprint density at radius 3 is 2.61 bits per heavy atom. The third-order valence-electron chi connectivity index (χ3n) is 3.65. The van der Waals surface area contributed by atoms with Crippen molar-refractivity contribution in [2.45, 2.75) is 25.8 Å². The van der Waals surface area contributed by atoms with Gasteiger partial charge in [0.05, 0.1) is 6.61 Å². The van der Waals surface area contributed by atoms with Gasteiger partial charge in [0.2, 0.25) is 0 Å². The second-order valence-corrected chi connectivity index (χ2v) is 5.71. The lowest BCUT2D eigenvalue weighted by atomic mass is 9.98. The Balaban J connectivity index is 2.25. The van der Waals surface area contributed by atoms with Crippen LogP contribution in [0.3, 0.4) is 0 Å². The quantitative estimate of drug-likeness (QED) is 0.664. The molecule has 0 radical (unpaired) electrons. The standard InChI is InChI=1S/C14H31N3O/c1-5-15-14(13-7-10-18-12-13)11-17(4)9-6-8-16(2)3/h13-15H,5-12H2,1-4H3. The largest absolute Gasteiger partial charge is 0.381 e. The predicted molar refractivity (Wildman–Crippen MR) is 77.1 cm³/mol. The van der Waals surface area contributed by atoms with Gasteiger partial charge in [-0.1, -0.05) is 6.92 Å². The summed E-state index contributed by atoms with van der Waals surface area (Å²) in [6, 6.07) is 0.585. The summed E-state index contributed by atoms with van der Waals surface area (Å²) >= 11 is 0. The van der Waals surface area contributed by atoms with Gasteiger partial charge in [-0.25, -0.2) is 0 Å². The van der Waals surface area contributed by atoms with E-state index >= 15 is 0 Å². The maximum atomic E-state index is 5.51. The monoisotopic (exact) mass is 257 g/mol. The molecule has 1 N–H and O–H groups in total. The molecule has 0 spiro atoms. The van der Waals surface area contributed by atoms with E-state index in [4.69, 9.17) is 4.74 Å². The van der Waals surface area contributed by atoms with E-state index in [1.54, 1.807) is 0 Å². The van der Waals surface area contributed by atoms with Crippen molar-refractivity contribution in [3.05, 3.63) is 0 Å². The van der Waals surface area contributed by atoms with Crippen LogP contribution in [0.25, 0.3) is 0 Å². The predicted octanol–water partition coefficient (Wildman–Crippen LogP) is 0.885. The third-order valence-corrected chi connectivity index (χ3v) is 3.65. The number of likely N-dealkylation sites (N-methyl/N-ethyl adjacent to an activating group) is 2. The fraction of sp³-hybridized carbons (Fsp3) is 1.00. The van der Waals surface area contributed by atoms with Crippen molar-refractivity contribution < 1.29 is 4.74 Å². The Morgan fingerprint density at radius 2 is 2.06 bits per heavy atom. The molecule has 0 bridgehead atoms. The number of nitrogens with one attached hydrogen (secondary N) is 1. The van der Waals surface area contributed by atoms with E-state index in [1.807, 2.05) is 0 Å². The van der Waals surface area contributed by atoms with Crippen LogP contribution in [0.2, 0.25) is 0 Å². The van der Waals surface area contributed by atoms with Crippen LogP contribution in [0.5, 0.6) is 0 Å². The van der Waals surface area contributed by atoms with Crippen molar-refractivity contribution in [1.29, 1.82) is 0 Å². The Kier molecular flexibility index (Phi) is 7.82. The van der Waals surface area contributed by atoms with Crippen LogP contribution < -0.4 is 5.32 Å². The lowest BCUT2D eigenvalue weighted by Gasteiger charge is -2.28. The highest BCUT2D eigenvalue weighted by atomic mass is 16.5. The molecule has 0 saturated carbocycles. The minimum Gasteiger partial charge on any atom is -0.381 e. The van der Waals surface area contributed by atoms with E-state index < -0.39 is 0 Å². The van der Waals surface area contributed by atoms with E-state index in [1.165, 1.54) is 25.9 Å². The van der Waals surface area contributed by atoms with Crippen LogP contribution in [0.4, 0.5) is 0 Å². The van der Waals surface area contributed by atoms with Crippen LogP contribution in [-0.2, 0) is 4.74 Å². The molecule has 108 valence electrons. The molecule has 0 aliphatic carbocycles. The van der Waals surface area contributed by atoms with Crippen molar-refractivity contribution in [2.24, 2.45) is 5.92 Å². The summed E-state index contributed by atoms with van der Waals surface area (Å²) in [4.78, 5) is 4.70. The zero-order valence-corrected chi connectivity index (χ0v) is 12.6. The molecular formula is C14H31N3O. The summed E-state index contributed by atoms with van der Waals surface area (Å²) < 4.78 is 5.51. The van der Waals surface area contributed by atoms with Gasteiger partial charge >= 0.3 is 0 Å². The summed E-state index contributed by atoms with van der Waals surface area (Å²) in [5, 5.41) is 3.62. The van der Waals surface area contributed by atoms with Gasteiger partial charge in [0.15, 0.2) is 0 Å². The molecule has 4 nitrogen and oxygen atoms in total. The summed E-state index contributed by atoms with van der Waals surface area (Å²) in [5.74, 6) is 0.696. The lowest BCUT2D eigenvalue weighted by Crippen LogP contribution is -2.45. The summed E-state index contributed by atoms with van der Waals surface area (Å²) in [6.45, 7) is 8.59. The smallest absolute Gasteiger partial charge is 0.0510 e. The SMILES string of the molecule is CCNC(CN(C)CCCN(C)C)C1CCOC1. The van der Waals surface area contributed by atoms with Gasteiger partial charge < -0.3 is 19.9 Å². The molecule has 2 unspecified atom stereocenters. The Hall–Kier alpha value is -0.160. The van der Waals surface area contributed by atoms with Crippen LogP contribution in [0, 0.1) is 5.92 Å². The topological polar surface area (TPSA) is 27.7 Å². The number of hydrogen-bond acceptors (Lipinski definition) is 4. The Bertz CT molecular complexity index is 205. The minimum absolute atomic E-state index is 0.585. The van der Waals surface area contributed by atoms with Crippen molar-refractivity contribution in [2.75, 3.05) is 60.5 Å². The molecule has 1 fully saturated rings. The molecule has 4 heteroatoms. The molecule has 0 aromatic heterocycles. The average Bonchev–Trinajstić information content (AvgIpc) is 2.81. The fourth-order valence-electron chi connectivity index (χ4n) is 2.60.